The van der Waals surface area contributed by atoms with Crippen LogP contribution in [0.1, 0.15) is 23.7 Å². The molecule has 0 unspecified atom stereocenters. The van der Waals surface area contributed by atoms with Crippen molar-refractivity contribution < 1.29 is 19.4 Å². The standard InChI is InChI=1S/C20H23NO4/c1-2-24-18-10-6-7-16(13-18)19(22)21-12-11-20(23,14-21)15-25-17-8-4-3-5-9-17/h3-10,13,23H,2,11-12,14-15H2,1H3/t20-/m0/s1. The Labute approximate surface area is 147 Å². The van der Waals surface area contributed by atoms with E-state index in [1.54, 1.807) is 23.1 Å². The van der Waals surface area contributed by atoms with Crippen molar-refractivity contribution in [2.45, 2.75) is 18.9 Å². The van der Waals surface area contributed by atoms with Crippen molar-refractivity contribution in [2.75, 3.05) is 26.3 Å². The molecule has 1 amide bonds. The molecule has 1 saturated heterocycles. The molecule has 5 nitrogen and oxygen atoms in total. The van der Waals surface area contributed by atoms with E-state index in [1.807, 2.05) is 43.3 Å². The molecular formula is C20H23NO4. The molecule has 1 fully saturated rings. The SMILES string of the molecule is CCOc1cccc(C(=O)N2CC[C@@](O)(COc3ccccc3)C2)c1. The third-order valence-electron chi connectivity index (χ3n) is 4.26. The van der Waals surface area contributed by atoms with E-state index in [4.69, 9.17) is 9.47 Å². The van der Waals surface area contributed by atoms with E-state index in [-0.39, 0.29) is 19.1 Å². The summed E-state index contributed by atoms with van der Waals surface area (Å²) >= 11 is 0. The minimum atomic E-state index is -1.02. The number of rotatable bonds is 6. The van der Waals surface area contributed by atoms with E-state index in [9.17, 15) is 9.90 Å². The largest absolute Gasteiger partial charge is 0.494 e. The lowest BCUT2D eigenvalue weighted by Crippen LogP contribution is -2.40. The lowest BCUT2D eigenvalue weighted by molar-refractivity contribution is 0.00431. The first-order valence-corrected chi connectivity index (χ1v) is 8.52. The molecule has 1 aliphatic heterocycles. The van der Waals surface area contributed by atoms with E-state index in [0.29, 0.717) is 36.6 Å². The van der Waals surface area contributed by atoms with Crippen LogP contribution in [0, 0.1) is 0 Å². The smallest absolute Gasteiger partial charge is 0.254 e. The summed E-state index contributed by atoms with van der Waals surface area (Å²) in [6, 6.07) is 16.5. The van der Waals surface area contributed by atoms with Crippen LogP contribution in [-0.2, 0) is 0 Å². The van der Waals surface area contributed by atoms with Gasteiger partial charge in [0.15, 0.2) is 0 Å². The Morgan fingerprint density at radius 2 is 1.88 bits per heavy atom. The average Bonchev–Trinajstić information content (AvgIpc) is 3.03. The van der Waals surface area contributed by atoms with Gasteiger partial charge >= 0.3 is 0 Å². The number of para-hydroxylation sites is 1. The highest BCUT2D eigenvalue weighted by molar-refractivity contribution is 5.94. The maximum atomic E-state index is 12.7. The van der Waals surface area contributed by atoms with Crippen molar-refractivity contribution in [1.29, 1.82) is 0 Å². The van der Waals surface area contributed by atoms with Crippen molar-refractivity contribution in [3.05, 3.63) is 60.2 Å². The average molecular weight is 341 g/mol. The molecule has 2 aromatic rings. The number of β-amino-alcohol motifs (C(OH)–C–C–N with tert-alkyl or cyclic N) is 1. The van der Waals surface area contributed by atoms with E-state index < -0.39 is 5.60 Å². The van der Waals surface area contributed by atoms with Gasteiger partial charge in [0.1, 0.15) is 23.7 Å². The molecule has 25 heavy (non-hydrogen) atoms. The molecule has 3 rings (SSSR count). The maximum absolute atomic E-state index is 12.7. The highest BCUT2D eigenvalue weighted by Gasteiger charge is 2.39. The summed E-state index contributed by atoms with van der Waals surface area (Å²) < 4.78 is 11.1. The van der Waals surface area contributed by atoms with Crippen molar-refractivity contribution in [3.63, 3.8) is 0 Å². The minimum Gasteiger partial charge on any atom is -0.494 e. The van der Waals surface area contributed by atoms with Crippen LogP contribution in [-0.4, -0.2) is 47.8 Å². The van der Waals surface area contributed by atoms with Crippen molar-refractivity contribution in [3.8, 4) is 11.5 Å². The lowest BCUT2D eigenvalue weighted by Gasteiger charge is -2.23. The zero-order chi connectivity index (χ0) is 17.7. The zero-order valence-corrected chi connectivity index (χ0v) is 14.4. The molecule has 132 valence electrons. The fourth-order valence-corrected chi connectivity index (χ4v) is 2.95. The first kappa shape index (κ1) is 17.3. The van der Waals surface area contributed by atoms with Crippen LogP contribution < -0.4 is 9.47 Å². The van der Waals surface area contributed by atoms with Gasteiger partial charge in [0.25, 0.3) is 5.91 Å². The first-order valence-electron chi connectivity index (χ1n) is 8.52. The Kier molecular flexibility index (Phi) is 5.24. The molecule has 0 bridgehead atoms. The molecule has 1 N–H and O–H groups in total. The van der Waals surface area contributed by atoms with Gasteiger partial charge in [0.2, 0.25) is 0 Å². The van der Waals surface area contributed by atoms with Gasteiger partial charge < -0.3 is 19.5 Å². The topological polar surface area (TPSA) is 59.0 Å². The molecule has 2 aromatic carbocycles. The first-order chi connectivity index (χ1) is 12.1. The molecule has 1 heterocycles. The van der Waals surface area contributed by atoms with E-state index in [2.05, 4.69) is 0 Å². The lowest BCUT2D eigenvalue weighted by atomic mass is 10.1. The number of nitrogens with zero attached hydrogens (tertiary/aromatic N) is 1. The highest BCUT2D eigenvalue weighted by atomic mass is 16.5. The monoisotopic (exact) mass is 341 g/mol. The molecule has 0 spiro atoms. The molecule has 1 aliphatic rings. The van der Waals surface area contributed by atoms with Gasteiger partial charge in [-0.05, 0) is 43.7 Å². The van der Waals surface area contributed by atoms with E-state index in [1.165, 1.54) is 0 Å². The maximum Gasteiger partial charge on any atom is 0.254 e. The second-order valence-electron chi connectivity index (χ2n) is 6.26. The summed E-state index contributed by atoms with van der Waals surface area (Å²) in [7, 11) is 0. The fraction of sp³-hybridized carbons (Fsp3) is 0.350. The van der Waals surface area contributed by atoms with Gasteiger partial charge in [-0.25, -0.2) is 0 Å². The number of ether oxygens (including phenoxy) is 2. The van der Waals surface area contributed by atoms with Crippen LogP contribution in [0.5, 0.6) is 11.5 Å². The Balaban J connectivity index is 1.61. The Hall–Kier alpha value is -2.53. The number of carbonyl (C=O) groups excluding carboxylic acids is 1. The van der Waals surface area contributed by atoms with Gasteiger partial charge in [0, 0.05) is 12.1 Å². The number of hydrogen-bond donors (Lipinski definition) is 1. The molecule has 5 heteroatoms. The number of carbonyl (C=O) groups is 1. The quantitative estimate of drug-likeness (QED) is 0.878. The molecule has 0 aliphatic carbocycles. The molecule has 0 saturated carbocycles. The number of amides is 1. The van der Waals surface area contributed by atoms with Crippen LogP contribution in [0.25, 0.3) is 0 Å². The zero-order valence-electron chi connectivity index (χ0n) is 14.4. The highest BCUT2D eigenvalue weighted by Crippen LogP contribution is 2.25. The van der Waals surface area contributed by atoms with E-state index in [0.717, 1.165) is 0 Å². The number of likely N-dealkylation sites (tertiary alicyclic amines) is 1. The van der Waals surface area contributed by atoms with Crippen LogP contribution >= 0.6 is 0 Å². The van der Waals surface area contributed by atoms with Crippen LogP contribution in [0.4, 0.5) is 0 Å². The third-order valence-corrected chi connectivity index (χ3v) is 4.26. The second-order valence-corrected chi connectivity index (χ2v) is 6.26. The summed E-state index contributed by atoms with van der Waals surface area (Å²) in [6.45, 7) is 3.39. The Bertz CT molecular complexity index is 719. The molecular weight excluding hydrogens is 318 g/mol. The van der Waals surface area contributed by atoms with Gasteiger partial charge in [-0.3, -0.25) is 4.79 Å². The van der Waals surface area contributed by atoms with Crippen LogP contribution in [0.3, 0.4) is 0 Å². The summed E-state index contributed by atoms with van der Waals surface area (Å²) in [4.78, 5) is 14.3. The normalized spacial score (nSPS) is 19.7. The summed E-state index contributed by atoms with van der Waals surface area (Å²) in [5.41, 5.74) is -0.456. The van der Waals surface area contributed by atoms with Crippen molar-refractivity contribution in [2.24, 2.45) is 0 Å². The predicted molar refractivity (Wildman–Crippen MR) is 95.0 cm³/mol. The molecule has 0 radical (unpaired) electrons. The van der Waals surface area contributed by atoms with Gasteiger partial charge in [0.05, 0.1) is 13.2 Å². The second kappa shape index (κ2) is 7.57. The van der Waals surface area contributed by atoms with Gasteiger partial charge in [-0.2, -0.15) is 0 Å². The number of hydrogen-bond acceptors (Lipinski definition) is 4. The Morgan fingerprint density at radius 1 is 1.12 bits per heavy atom. The van der Waals surface area contributed by atoms with Crippen molar-refractivity contribution in [1.82, 2.24) is 4.90 Å². The van der Waals surface area contributed by atoms with Crippen LogP contribution in [0.2, 0.25) is 0 Å². The molecule has 0 aromatic heterocycles. The molecule has 1 atom stereocenters. The number of aliphatic hydroxyl groups is 1. The van der Waals surface area contributed by atoms with Gasteiger partial charge in [-0.15, -0.1) is 0 Å². The predicted octanol–water partition coefficient (Wildman–Crippen LogP) is 2.74. The van der Waals surface area contributed by atoms with Gasteiger partial charge in [-0.1, -0.05) is 24.3 Å². The number of benzene rings is 2. The summed E-state index contributed by atoms with van der Waals surface area (Å²) in [6.07, 6.45) is 0.497. The van der Waals surface area contributed by atoms with Crippen LogP contribution in [0.15, 0.2) is 54.6 Å². The minimum absolute atomic E-state index is 0.0998. The Morgan fingerprint density at radius 3 is 2.64 bits per heavy atom. The third kappa shape index (κ3) is 4.31. The van der Waals surface area contributed by atoms with E-state index >= 15 is 0 Å². The summed E-state index contributed by atoms with van der Waals surface area (Å²) in [5, 5.41) is 10.7. The summed E-state index contributed by atoms with van der Waals surface area (Å²) in [5.74, 6) is 1.29. The van der Waals surface area contributed by atoms with Crippen molar-refractivity contribution >= 4 is 5.91 Å². The fourth-order valence-electron chi connectivity index (χ4n) is 2.95.